The number of aliphatic imine (C=N–C) groups is 1. The molecular formula is C26H36BrNO3. The molecule has 1 aromatic carbocycles. The van der Waals surface area contributed by atoms with E-state index in [-0.39, 0.29) is 23.5 Å². The van der Waals surface area contributed by atoms with Gasteiger partial charge < -0.3 is 14.6 Å². The van der Waals surface area contributed by atoms with Gasteiger partial charge in [0.1, 0.15) is 22.1 Å². The Morgan fingerprint density at radius 3 is 2.84 bits per heavy atom. The van der Waals surface area contributed by atoms with Gasteiger partial charge in [-0.3, -0.25) is 4.99 Å². The van der Waals surface area contributed by atoms with Gasteiger partial charge in [-0.05, 0) is 71.2 Å². The quantitative estimate of drug-likeness (QED) is 0.315. The molecule has 0 aromatic heterocycles. The summed E-state index contributed by atoms with van der Waals surface area (Å²) in [5, 5.41) is 10.0. The zero-order valence-corrected chi connectivity index (χ0v) is 20.9. The van der Waals surface area contributed by atoms with Crippen LogP contribution in [0.4, 0.5) is 0 Å². The highest BCUT2D eigenvalue weighted by molar-refractivity contribution is 9.10. The van der Waals surface area contributed by atoms with Crippen LogP contribution in [0.2, 0.25) is 0 Å². The van der Waals surface area contributed by atoms with Gasteiger partial charge in [-0.2, -0.15) is 0 Å². The lowest BCUT2D eigenvalue weighted by Gasteiger charge is -2.40. The number of hydrogen-bond acceptors (Lipinski definition) is 4. The van der Waals surface area contributed by atoms with Crippen molar-refractivity contribution in [3.05, 3.63) is 46.5 Å². The summed E-state index contributed by atoms with van der Waals surface area (Å²) >= 11 is 3.80. The van der Waals surface area contributed by atoms with E-state index in [0.29, 0.717) is 6.61 Å². The topological polar surface area (TPSA) is 51.0 Å². The molecule has 0 unspecified atom stereocenters. The van der Waals surface area contributed by atoms with E-state index in [4.69, 9.17) is 9.47 Å². The fourth-order valence-electron chi connectivity index (χ4n) is 4.84. The molecule has 1 heterocycles. The average Bonchev–Trinajstić information content (AvgIpc) is 3.08. The summed E-state index contributed by atoms with van der Waals surface area (Å²) in [5.74, 6) is 1.74. The minimum absolute atomic E-state index is 0.0403. The maximum Gasteiger partial charge on any atom is 0.142 e. The standard InChI is InChI=1S/C26H36BrNO3/c1-6-8-9-10-13-30-20-14-18(7-2)22-24(23(20)27)31-21-15-19(28-5)11-12-26(21,22)16-25(3,4)17-29/h6,11-12,14,21,29H,1,7-10,13,15-17H2,2-5H3/t21-,26-/m1/s1. The number of nitrogens with zero attached hydrogens (tertiary/aromatic N) is 1. The van der Waals surface area contributed by atoms with Crippen LogP contribution in [0.3, 0.4) is 0 Å². The highest BCUT2D eigenvalue weighted by atomic mass is 79.9. The Labute approximate surface area is 195 Å². The lowest BCUT2D eigenvalue weighted by atomic mass is 9.63. The molecule has 2 aliphatic rings. The van der Waals surface area contributed by atoms with Gasteiger partial charge in [-0.15, -0.1) is 6.58 Å². The van der Waals surface area contributed by atoms with E-state index in [1.807, 2.05) is 13.1 Å². The van der Waals surface area contributed by atoms with Gasteiger partial charge in [0.15, 0.2) is 0 Å². The van der Waals surface area contributed by atoms with E-state index >= 15 is 0 Å². The smallest absolute Gasteiger partial charge is 0.142 e. The Morgan fingerprint density at radius 1 is 1.42 bits per heavy atom. The number of halogens is 1. The van der Waals surface area contributed by atoms with E-state index in [2.05, 4.69) is 66.5 Å². The predicted octanol–water partition coefficient (Wildman–Crippen LogP) is 6.18. The highest BCUT2D eigenvalue weighted by Gasteiger charge is 2.53. The molecule has 5 heteroatoms. The van der Waals surface area contributed by atoms with Crippen molar-refractivity contribution in [3.8, 4) is 11.5 Å². The minimum Gasteiger partial charge on any atom is -0.492 e. The maximum atomic E-state index is 10.0. The van der Waals surface area contributed by atoms with E-state index in [0.717, 1.165) is 60.2 Å². The van der Waals surface area contributed by atoms with Crippen molar-refractivity contribution < 1.29 is 14.6 Å². The fourth-order valence-corrected chi connectivity index (χ4v) is 5.36. The number of aliphatic hydroxyl groups is 1. The predicted molar refractivity (Wildman–Crippen MR) is 132 cm³/mol. The fraction of sp³-hybridized carbons (Fsp3) is 0.577. The number of unbranched alkanes of at least 4 members (excludes halogenated alkanes) is 2. The van der Waals surface area contributed by atoms with Gasteiger partial charge in [0.25, 0.3) is 0 Å². The van der Waals surface area contributed by atoms with Crippen LogP contribution in [0, 0.1) is 5.41 Å². The third-order valence-electron chi connectivity index (χ3n) is 6.46. The van der Waals surface area contributed by atoms with Gasteiger partial charge in [0, 0.05) is 31.4 Å². The normalized spacial score (nSPS) is 23.4. The summed E-state index contributed by atoms with van der Waals surface area (Å²) in [5.41, 5.74) is 3.01. The number of ether oxygens (including phenoxy) is 2. The summed E-state index contributed by atoms with van der Waals surface area (Å²) in [6.45, 7) is 11.0. The second-order valence-electron chi connectivity index (χ2n) is 9.44. The van der Waals surface area contributed by atoms with Crippen molar-refractivity contribution in [2.75, 3.05) is 20.3 Å². The van der Waals surface area contributed by atoms with Crippen LogP contribution in [0.25, 0.3) is 0 Å². The molecule has 31 heavy (non-hydrogen) atoms. The first-order chi connectivity index (χ1) is 14.8. The molecular weight excluding hydrogens is 454 g/mol. The first kappa shape index (κ1) is 24.1. The number of fused-ring (bicyclic) bond motifs is 3. The molecule has 0 saturated carbocycles. The summed E-state index contributed by atoms with van der Waals surface area (Å²) in [6, 6.07) is 2.17. The van der Waals surface area contributed by atoms with Crippen LogP contribution in [-0.2, 0) is 11.8 Å². The molecule has 0 amide bonds. The number of aryl methyl sites for hydroxylation is 1. The van der Waals surface area contributed by atoms with Gasteiger partial charge in [-0.1, -0.05) is 32.9 Å². The number of rotatable bonds is 10. The Balaban J connectivity index is 2.04. The second kappa shape index (κ2) is 9.91. The molecule has 4 nitrogen and oxygen atoms in total. The van der Waals surface area contributed by atoms with Gasteiger partial charge in [0.2, 0.25) is 0 Å². The molecule has 0 bridgehead atoms. The van der Waals surface area contributed by atoms with Gasteiger partial charge >= 0.3 is 0 Å². The first-order valence-electron chi connectivity index (χ1n) is 11.3. The number of allylic oxidation sites excluding steroid dienone is 2. The molecule has 3 rings (SSSR count). The van der Waals surface area contributed by atoms with E-state index in [1.54, 1.807) is 0 Å². The molecule has 2 atom stereocenters. The molecule has 170 valence electrons. The van der Waals surface area contributed by atoms with Crippen LogP contribution in [0.1, 0.15) is 64.0 Å². The largest absolute Gasteiger partial charge is 0.492 e. The number of benzene rings is 1. The number of aliphatic hydroxyl groups excluding tert-OH is 1. The molecule has 0 radical (unpaired) electrons. The van der Waals surface area contributed by atoms with Crippen molar-refractivity contribution in [2.45, 2.75) is 70.8 Å². The molecule has 1 aliphatic carbocycles. The zero-order chi connectivity index (χ0) is 22.6. The van der Waals surface area contributed by atoms with Gasteiger partial charge in [0.05, 0.1) is 12.0 Å². The van der Waals surface area contributed by atoms with Gasteiger partial charge in [-0.25, -0.2) is 0 Å². The summed E-state index contributed by atoms with van der Waals surface area (Å²) < 4.78 is 13.7. The average molecular weight is 490 g/mol. The molecule has 0 spiro atoms. The van der Waals surface area contributed by atoms with Crippen molar-refractivity contribution in [1.29, 1.82) is 0 Å². The second-order valence-corrected chi connectivity index (χ2v) is 10.2. The minimum atomic E-state index is -0.286. The SMILES string of the molecule is C=CCCCCOc1cc(CC)c2c(c1Br)O[C@@H]1CC(=NC)C=C[C@]21CC(C)(C)CO. The van der Waals surface area contributed by atoms with Crippen LogP contribution in [-0.4, -0.2) is 37.2 Å². The lowest BCUT2D eigenvalue weighted by Crippen LogP contribution is -2.44. The van der Waals surface area contributed by atoms with Crippen molar-refractivity contribution >= 4 is 21.6 Å². The summed E-state index contributed by atoms with van der Waals surface area (Å²) in [7, 11) is 1.83. The Kier molecular flexibility index (Phi) is 7.69. The van der Waals surface area contributed by atoms with Crippen molar-refractivity contribution in [1.82, 2.24) is 0 Å². The van der Waals surface area contributed by atoms with Crippen LogP contribution >= 0.6 is 15.9 Å². The molecule has 0 fully saturated rings. The van der Waals surface area contributed by atoms with Crippen molar-refractivity contribution in [2.24, 2.45) is 10.4 Å². The Bertz CT molecular complexity index is 874. The van der Waals surface area contributed by atoms with E-state index < -0.39 is 0 Å². The maximum absolute atomic E-state index is 10.0. The molecule has 0 saturated heterocycles. The van der Waals surface area contributed by atoms with E-state index in [1.165, 1.54) is 11.1 Å². The van der Waals surface area contributed by atoms with Crippen LogP contribution in [0.15, 0.2) is 40.3 Å². The third-order valence-corrected chi connectivity index (χ3v) is 7.22. The highest BCUT2D eigenvalue weighted by Crippen LogP contribution is 2.57. The lowest BCUT2D eigenvalue weighted by molar-refractivity contribution is 0.0914. The van der Waals surface area contributed by atoms with Crippen molar-refractivity contribution in [3.63, 3.8) is 0 Å². The van der Waals surface area contributed by atoms with E-state index in [9.17, 15) is 5.11 Å². The van der Waals surface area contributed by atoms with Crippen LogP contribution < -0.4 is 9.47 Å². The molecule has 1 aliphatic heterocycles. The Hall–Kier alpha value is -1.59. The zero-order valence-electron chi connectivity index (χ0n) is 19.3. The summed E-state index contributed by atoms with van der Waals surface area (Å²) in [4.78, 5) is 4.42. The Morgan fingerprint density at radius 2 is 2.19 bits per heavy atom. The monoisotopic (exact) mass is 489 g/mol. The first-order valence-corrected chi connectivity index (χ1v) is 12.1. The third kappa shape index (κ3) is 4.78. The number of hydrogen-bond donors (Lipinski definition) is 1. The summed E-state index contributed by atoms with van der Waals surface area (Å²) in [6.07, 6.45) is 11.9. The molecule has 1 aromatic rings. The van der Waals surface area contributed by atoms with Crippen LogP contribution in [0.5, 0.6) is 11.5 Å². The molecule has 1 N–H and O–H groups in total.